The van der Waals surface area contributed by atoms with E-state index in [1.165, 1.54) is 19.3 Å². The predicted molar refractivity (Wildman–Crippen MR) is 269 cm³/mol. The van der Waals surface area contributed by atoms with Crippen molar-refractivity contribution < 1.29 is 28.6 Å². The van der Waals surface area contributed by atoms with Crippen molar-refractivity contribution in [2.24, 2.45) is 0 Å². The molecule has 0 fully saturated rings. The third kappa shape index (κ3) is 48.4. The van der Waals surface area contributed by atoms with Crippen LogP contribution in [-0.2, 0) is 28.6 Å². The molecule has 0 rings (SSSR count). The zero-order valence-corrected chi connectivity index (χ0v) is 40.0. The van der Waals surface area contributed by atoms with E-state index < -0.39 is 6.10 Å². The highest BCUT2D eigenvalue weighted by Crippen LogP contribution is 2.12. The maximum atomic E-state index is 12.8. The molecule has 0 aromatic heterocycles. The molecular weight excluding hydrogens is 781 g/mol. The van der Waals surface area contributed by atoms with Gasteiger partial charge in [-0.3, -0.25) is 14.4 Å². The highest BCUT2D eigenvalue weighted by atomic mass is 16.6. The summed E-state index contributed by atoms with van der Waals surface area (Å²) in [7, 11) is 0. The first-order valence-electron chi connectivity index (χ1n) is 24.7. The molecule has 0 bridgehead atoms. The fourth-order valence-electron chi connectivity index (χ4n) is 6.08. The van der Waals surface area contributed by atoms with Gasteiger partial charge in [0.2, 0.25) is 0 Å². The molecular formula is C57H88O6. The van der Waals surface area contributed by atoms with Crippen LogP contribution in [0.2, 0.25) is 0 Å². The van der Waals surface area contributed by atoms with Crippen LogP contribution in [-0.4, -0.2) is 37.2 Å². The molecule has 0 aliphatic rings. The smallest absolute Gasteiger partial charge is 0.306 e. The van der Waals surface area contributed by atoms with Gasteiger partial charge in [0.1, 0.15) is 13.2 Å². The van der Waals surface area contributed by atoms with Crippen LogP contribution in [0.25, 0.3) is 0 Å². The Morgan fingerprint density at radius 3 is 1.14 bits per heavy atom. The minimum atomic E-state index is -0.822. The number of hydrogen-bond donors (Lipinski definition) is 0. The summed E-state index contributed by atoms with van der Waals surface area (Å²) in [6, 6.07) is 0. The van der Waals surface area contributed by atoms with Crippen molar-refractivity contribution in [1.29, 1.82) is 0 Å². The van der Waals surface area contributed by atoms with E-state index in [0.29, 0.717) is 19.3 Å². The second-order valence-electron chi connectivity index (χ2n) is 15.6. The normalized spacial score (nSPS) is 13.3. The molecule has 6 heteroatoms. The highest BCUT2D eigenvalue weighted by Gasteiger charge is 2.19. The van der Waals surface area contributed by atoms with Crippen LogP contribution < -0.4 is 0 Å². The van der Waals surface area contributed by atoms with E-state index in [-0.39, 0.29) is 37.5 Å². The Bertz CT molecular complexity index is 1420. The van der Waals surface area contributed by atoms with Gasteiger partial charge in [-0.15, -0.1) is 0 Å². The Labute approximate surface area is 385 Å². The van der Waals surface area contributed by atoms with Crippen molar-refractivity contribution >= 4 is 17.9 Å². The van der Waals surface area contributed by atoms with Crippen molar-refractivity contribution in [3.05, 3.63) is 134 Å². The molecule has 0 saturated carbocycles. The van der Waals surface area contributed by atoms with Gasteiger partial charge in [0.25, 0.3) is 0 Å². The zero-order valence-electron chi connectivity index (χ0n) is 40.0. The minimum absolute atomic E-state index is 0.121. The Morgan fingerprint density at radius 1 is 0.333 bits per heavy atom. The molecule has 0 aromatic carbocycles. The zero-order chi connectivity index (χ0) is 45.8. The second kappa shape index (κ2) is 50.2. The van der Waals surface area contributed by atoms with Gasteiger partial charge in [-0.2, -0.15) is 0 Å². The second-order valence-corrected chi connectivity index (χ2v) is 15.6. The largest absolute Gasteiger partial charge is 0.462 e. The summed E-state index contributed by atoms with van der Waals surface area (Å²) in [4.78, 5) is 37.9. The lowest BCUT2D eigenvalue weighted by atomic mass is 10.1. The fourth-order valence-corrected chi connectivity index (χ4v) is 6.08. The SMILES string of the molecule is CC\C=C/C=C\C=C/CCCCCCCCCC(=O)OC(COC(=O)CCC/C=C\C/C=C\C/C=C\CC)COC(=O)CCCCC/C=C\C/C=C\C/C=C\C/C=C\C/C=C\CC. The van der Waals surface area contributed by atoms with Crippen molar-refractivity contribution in [1.82, 2.24) is 0 Å². The Morgan fingerprint density at radius 2 is 0.667 bits per heavy atom. The molecule has 6 nitrogen and oxygen atoms in total. The Hall–Kier alpha value is -4.45. The van der Waals surface area contributed by atoms with E-state index in [4.69, 9.17) is 14.2 Å². The third-order valence-corrected chi connectivity index (χ3v) is 9.69. The first-order chi connectivity index (χ1) is 31.0. The third-order valence-electron chi connectivity index (χ3n) is 9.69. The van der Waals surface area contributed by atoms with Crippen LogP contribution in [0, 0.1) is 0 Å². The average Bonchev–Trinajstić information content (AvgIpc) is 3.28. The molecule has 1 atom stereocenters. The van der Waals surface area contributed by atoms with Gasteiger partial charge < -0.3 is 14.2 Å². The van der Waals surface area contributed by atoms with Crippen LogP contribution in [0.4, 0.5) is 0 Å². The molecule has 0 aliphatic heterocycles. The number of hydrogen-bond acceptors (Lipinski definition) is 6. The summed E-state index contributed by atoms with van der Waals surface area (Å²) in [5, 5.41) is 0. The molecule has 0 aromatic rings. The molecule has 0 saturated heterocycles. The van der Waals surface area contributed by atoms with Crippen LogP contribution in [0.5, 0.6) is 0 Å². The van der Waals surface area contributed by atoms with Crippen molar-refractivity contribution in [3.63, 3.8) is 0 Å². The van der Waals surface area contributed by atoms with Crippen LogP contribution in [0.3, 0.4) is 0 Å². The summed E-state index contributed by atoms with van der Waals surface area (Å²) >= 11 is 0. The van der Waals surface area contributed by atoms with Crippen LogP contribution in [0.1, 0.15) is 188 Å². The van der Waals surface area contributed by atoms with Crippen molar-refractivity contribution in [3.8, 4) is 0 Å². The average molecular weight is 869 g/mol. The van der Waals surface area contributed by atoms with Crippen LogP contribution >= 0.6 is 0 Å². The molecule has 1 unspecified atom stereocenters. The summed E-state index contributed by atoms with van der Waals surface area (Å²) in [5.74, 6) is -1.03. The topological polar surface area (TPSA) is 78.9 Å². The monoisotopic (exact) mass is 869 g/mol. The van der Waals surface area contributed by atoms with E-state index in [0.717, 1.165) is 122 Å². The molecule has 0 amide bonds. The number of rotatable bonds is 42. The maximum absolute atomic E-state index is 12.8. The first-order valence-corrected chi connectivity index (χ1v) is 24.7. The van der Waals surface area contributed by atoms with Crippen LogP contribution in [0.15, 0.2) is 134 Å². The minimum Gasteiger partial charge on any atom is -0.462 e. The number of allylic oxidation sites excluding steroid dienone is 22. The molecule has 63 heavy (non-hydrogen) atoms. The Kier molecular flexibility index (Phi) is 46.7. The summed E-state index contributed by atoms with van der Waals surface area (Å²) in [6.45, 7) is 6.16. The quantitative estimate of drug-likeness (QED) is 0.0200. The van der Waals surface area contributed by atoms with E-state index in [1.807, 2.05) is 0 Å². The van der Waals surface area contributed by atoms with Gasteiger partial charge in [0.15, 0.2) is 6.10 Å². The number of esters is 3. The lowest BCUT2D eigenvalue weighted by Crippen LogP contribution is -2.30. The number of unbranched alkanes of at least 4 members (excludes halogenated alkanes) is 11. The lowest BCUT2D eigenvalue weighted by Gasteiger charge is -2.18. The van der Waals surface area contributed by atoms with Crippen molar-refractivity contribution in [2.45, 2.75) is 194 Å². The van der Waals surface area contributed by atoms with Gasteiger partial charge in [-0.05, 0) is 109 Å². The predicted octanol–water partition coefficient (Wildman–Crippen LogP) is 16.3. The standard InChI is InChI=1S/C57H88O6/c1-4-7-10-13-16-19-22-24-26-27-28-29-31-32-35-38-41-44-47-50-56(59)62-53-54(52-61-55(58)49-46-43-40-37-34-21-18-15-12-9-6-3)63-57(60)51-48-45-42-39-36-33-30-25-23-20-17-14-11-8-5-2/h7-12,14,16-21,23-24,26,28-29,32,35,37,40,54H,4-6,13,15,22,25,27,30-31,33-34,36,38-39,41-53H2,1-3H3/b10-7-,11-8-,12-9-,17-14-,19-16-,21-18-,23-20-,26-24-,29-28-,35-32-,40-37-. The summed E-state index contributed by atoms with van der Waals surface area (Å²) < 4.78 is 16.7. The van der Waals surface area contributed by atoms with Gasteiger partial charge in [-0.1, -0.05) is 193 Å². The molecule has 352 valence electrons. The number of ether oxygens (including phenoxy) is 3. The van der Waals surface area contributed by atoms with E-state index in [9.17, 15) is 14.4 Å². The summed E-state index contributed by atoms with van der Waals surface area (Å²) in [5.41, 5.74) is 0. The highest BCUT2D eigenvalue weighted by molar-refractivity contribution is 5.71. The lowest BCUT2D eigenvalue weighted by molar-refractivity contribution is -0.167. The van der Waals surface area contributed by atoms with Gasteiger partial charge in [-0.25, -0.2) is 0 Å². The number of carbonyl (C=O) groups is 3. The molecule has 0 aliphatic carbocycles. The molecule has 0 heterocycles. The van der Waals surface area contributed by atoms with Gasteiger partial charge >= 0.3 is 17.9 Å². The van der Waals surface area contributed by atoms with Gasteiger partial charge in [0, 0.05) is 19.3 Å². The molecule has 0 radical (unpaired) electrons. The first kappa shape index (κ1) is 58.6. The van der Waals surface area contributed by atoms with Gasteiger partial charge in [0.05, 0.1) is 0 Å². The number of carbonyl (C=O) groups excluding carboxylic acids is 3. The summed E-state index contributed by atoms with van der Waals surface area (Å²) in [6.07, 6.45) is 70.1. The van der Waals surface area contributed by atoms with E-state index in [2.05, 4.69) is 154 Å². The Balaban J connectivity index is 4.52. The molecule has 0 N–H and O–H groups in total. The van der Waals surface area contributed by atoms with Crippen molar-refractivity contribution in [2.75, 3.05) is 13.2 Å². The maximum Gasteiger partial charge on any atom is 0.306 e. The van der Waals surface area contributed by atoms with E-state index >= 15 is 0 Å². The van der Waals surface area contributed by atoms with E-state index in [1.54, 1.807) is 0 Å². The molecule has 0 spiro atoms. The fraction of sp³-hybridized carbons (Fsp3) is 0.561.